The van der Waals surface area contributed by atoms with Gasteiger partial charge in [0.2, 0.25) is 13.6 Å². The Hall–Kier alpha value is -2.48. The second kappa shape index (κ2) is 8.81. The Balaban J connectivity index is 1.02. The van der Waals surface area contributed by atoms with Crippen LogP contribution < -0.4 is 18.9 Å². The summed E-state index contributed by atoms with van der Waals surface area (Å²) in [5, 5.41) is 0. The van der Waals surface area contributed by atoms with E-state index in [9.17, 15) is 0 Å². The fourth-order valence-corrected chi connectivity index (χ4v) is 5.41. The topological polar surface area (TPSA) is 46.6 Å². The quantitative estimate of drug-likeness (QED) is 0.713. The number of para-hydroxylation sites is 1. The third-order valence-corrected chi connectivity index (χ3v) is 7.12. The minimum Gasteiger partial charge on any atom is -0.454 e. The monoisotopic (exact) mass is 437 g/mol. The molecule has 4 aliphatic heterocycles. The average molecular weight is 438 g/mol. The molecule has 1 atom stereocenters. The summed E-state index contributed by atoms with van der Waals surface area (Å²) in [5.41, 5.74) is 2.54. The number of piperidine rings is 1. The van der Waals surface area contributed by atoms with Gasteiger partial charge in [0.15, 0.2) is 23.0 Å². The first-order chi connectivity index (χ1) is 15.8. The van der Waals surface area contributed by atoms with E-state index in [-0.39, 0.29) is 0 Å². The Morgan fingerprint density at radius 3 is 2.53 bits per heavy atom. The first-order valence-corrected chi connectivity index (χ1v) is 11.8. The van der Waals surface area contributed by atoms with Crippen molar-refractivity contribution in [3.8, 4) is 23.0 Å². The molecular weight excluding hydrogens is 406 g/mol. The largest absolute Gasteiger partial charge is 0.454 e. The summed E-state index contributed by atoms with van der Waals surface area (Å²) in [5.74, 6) is 3.56. The number of rotatable bonds is 5. The number of hydrogen-bond donors (Lipinski definition) is 0. The van der Waals surface area contributed by atoms with E-state index in [1.54, 1.807) is 0 Å². The normalized spacial score (nSPS) is 23.6. The third kappa shape index (κ3) is 4.12. The number of benzene rings is 2. The molecule has 2 aromatic carbocycles. The Kier molecular flexibility index (Phi) is 5.55. The lowest BCUT2D eigenvalue weighted by atomic mass is 10.0. The molecule has 0 unspecified atom stereocenters. The average Bonchev–Trinajstić information content (AvgIpc) is 3.49. The maximum absolute atomic E-state index is 5.72. The van der Waals surface area contributed by atoms with Gasteiger partial charge in [0, 0.05) is 57.4 Å². The fourth-order valence-electron chi connectivity index (χ4n) is 5.41. The van der Waals surface area contributed by atoms with Gasteiger partial charge in [-0.1, -0.05) is 18.2 Å². The van der Waals surface area contributed by atoms with E-state index in [0.29, 0.717) is 19.6 Å². The molecule has 0 radical (unpaired) electrons. The lowest BCUT2D eigenvalue weighted by Crippen LogP contribution is -2.54. The van der Waals surface area contributed by atoms with Crippen molar-refractivity contribution in [2.45, 2.75) is 32.0 Å². The third-order valence-electron chi connectivity index (χ3n) is 7.12. The molecule has 0 aromatic heterocycles. The molecule has 2 saturated heterocycles. The molecule has 4 heterocycles. The lowest BCUT2D eigenvalue weighted by molar-refractivity contribution is 0.0474. The molecule has 7 heteroatoms. The minimum atomic E-state index is 0.337. The van der Waals surface area contributed by atoms with Crippen LogP contribution in [0.4, 0.5) is 0 Å². The van der Waals surface area contributed by atoms with Gasteiger partial charge in [-0.05, 0) is 43.1 Å². The van der Waals surface area contributed by atoms with Gasteiger partial charge in [-0.2, -0.15) is 0 Å². The van der Waals surface area contributed by atoms with Gasteiger partial charge in [0.25, 0.3) is 0 Å². The zero-order valence-electron chi connectivity index (χ0n) is 18.5. The van der Waals surface area contributed by atoms with Crippen molar-refractivity contribution in [2.75, 3.05) is 52.9 Å². The van der Waals surface area contributed by atoms with E-state index >= 15 is 0 Å². The molecule has 2 aromatic rings. The first kappa shape index (κ1) is 20.1. The zero-order valence-corrected chi connectivity index (χ0v) is 18.5. The van der Waals surface area contributed by atoms with Gasteiger partial charge in [0.05, 0.1) is 0 Å². The summed E-state index contributed by atoms with van der Waals surface area (Å²) in [4.78, 5) is 7.85. The van der Waals surface area contributed by atoms with Crippen molar-refractivity contribution in [1.82, 2.24) is 14.7 Å². The number of likely N-dealkylation sites (tertiary alicyclic amines) is 1. The Morgan fingerprint density at radius 1 is 0.750 bits per heavy atom. The Labute approximate surface area is 189 Å². The van der Waals surface area contributed by atoms with E-state index in [1.807, 2.05) is 12.1 Å². The molecule has 6 rings (SSSR count). The molecule has 0 N–H and O–H groups in total. The van der Waals surface area contributed by atoms with Gasteiger partial charge >= 0.3 is 0 Å². The van der Waals surface area contributed by atoms with Crippen LogP contribution in [0.2, 0.25) is 0 Å². The highest BCUT2D eigenvalue weighted by molar-refractivity contribution is 5.48. The van der Waals surface area contributed by atoms with Crippen LogP contribution in [0.15, 0.2) is 36.4 Å². The Morgan fingerprint density at radius 2 is 1.59 bits per heavy atom. The van der Waals surface area contributed by atoms with Crippen molar-refractivity contribution in [3.63, 3.8) is 0 Å². The highest BCUT2D eigenvalue weighted by atomic mass is 16.7. The number of hydrogen-bond acceptors (Lipinski definition) is 7. The predicted molar refractivity (Wildman–Crippen MR) is 120 cm³/mol. The molecule has 32 heavy (non-hydrogen) atoms. The maximum Gasteiger partial charge on any atom is 0.231 e. The predicted octanol–water partition coefficient (Wildman–Crippen LogP) is 2.93. The molecule has 7 nitrogen and oxygen atoms in total. The summed E-state index contributed by atoms with van der Waals surface area (Å²) in [6.07, 6.45) is 2.56. The van der Waals surface area contributed by atoms with Crippen LogP contribution in [-0.4, -0.2) is 73.6 Å². The molecule has 170 valence electrons. The van der Waals surface area contributed by atoms with E-state index in [0.717, 1.165) is 75.4 Å². The highest BCUT2D eigenvalue weighted by Crippen LogP contribution is 2.36. The molecular formula is C25H31N3O4. The summed E-state index contributed by atoms with van der Waals surface area (Å²) < 4.78 is 22.2. The molecule has 0 aliphatic carbocycles. The van der Waals surface area contributed by atoms with Crippen molar-refractivity contribution < 1.29 is 18.9 Å². The van der Waals surface area contributed by atoms with Crippen LogP contribution in [0.25, 0.3) is 0 Å². The van der Waals surface area contributed by atoms with Crippen LogP contribution in [-0.2, 0) is 13.1 Å². The molecule has 0 saturated carbocycles. The highest BCUT2D eigenvalue weighted by Gasteiger charge is 2.29. The van der Waals surface area contributed by atoms with Gasteiger partial charge < -0.3 is 18.9 Å². The summed E-state index contributed by atoms with van der Waals surface area (Å²) in [6.45, 7) is 9.38. The van der Waals surface area contributed by atoms with Crippen molar-refractivity contribution in [2.24, 2.45) is 0 Å². The van der Waals surface area contributed by atoms with Gasteiger partial charge in [-0.3, -0.25) is 14.7 Å². The first-order valence-electron chi connectivity index (χ1n) is 11.8. The SMILES string of the molecule is c1cc(CN2CCC[C@H](N3CCN(Cc4ccc5c(c4)OCO5)CC3)C2)c2c(c1)OCO2. The van der Waals surface area contributed by atoms with Crippen molar-refractivity contribution >= 4 is 0 Å². The lowest BCUT2D eigenvalue weighted by Gasteiger charge is -2.43. The molecule has 0 spiro atoms. The standard InChI is InChI=1S/C25H31N3O4/c1-3-20(25-23(5-1)30-18-32-25)15-27-8-2-4-21(16-27)28-11-9-26(10-12-28)14-19-6-7-22-24(13-19)31-17-29-22/h1,3,5-7,13,21H,2,4,8-12,14-18H2/t21-/m0/s1. The fraction of sp³-hybridized carbons (Fsp3) is 0.520. The number of nitrogens with zero attached hydrogens (tertiary/aromatic N) is 3. The number of piperazine rings is 1. The van der Waals surface area contributed by atoms with Crippen LogP contribution in [0.5, 0.6) is 23.0 Å². The molecule has 0 bridgehead atoms. The van der Waals surface area contributed by atoms with Crippen LogP contribution in [0.3, 0.4) is 0 Å². The maximum atomic E-state index is 5.72. The van der Waals surface area contributed by atoms with Gasteiger partial charge in [-0.25, -0.2) is 0 Å². The summed E-state index contributed by atoms with van der Waals surface area (Å²) in [7, 11) is 0. The second-order valence-electron chi connectivity index (χ2n) is 9.18. The molecule has 4 aliphatic rings. The number of ether oxygens (including phenoxy) is 4. The minimum absolute atomic E-state index is 0.337. The van der Waals surface area contributed by atoms with Crippen molar-refractivity contribution in [1.29, 1.82) is 0 Å². The zero-order chi connectivity index (χ0) is 21.3. The number of fused-ring (bicyclic) bond motifs is 2. The van der Waals surface area contributed by atoms with Crippen LogP contribution in [0.1, 0.15) is 24.0 Å². The molecule has 2 fully saturated rings. The van der Waals surface area contributed by atoms with E-state index in [1.165, 1.54) is 24.0 Å². The summed E-state index contributed by atoms with van der Waals surface area (Å²) >= 11 is 0. The second-order valence-corrected chi connectivity index (χ2v) is 9.18. The van der Waals surface area contributed by atoms with E-state index in [4.69, 9.17) is 18.9 Å². The molecule has 0 amide bonds. The van der Waals surface area contributed by atoms with Crippen LogP contribution in [0, 0.1) is 0 Å². The van der Waals surface area contributed by atoms with Gasteiger partial charge in [-0.15, -0.1) is 0 Å². The van der Waals surface area contributed by atoms with Crippen molar-refractivity contribution in [3.05, 3.63) is 47.5 Å². The smallest absolute Gasteiger partial charge is 0.231 e. The Bertz CT molecular complexity index is 960. The van der Waals surface area contributed by atoms with E-state index < -0.39 is 0 Å². The van der Waals surface area contributed by atoms with Crippen LogP contribution >= 0.6 is 0 Å². The van der Waals surface area contributed by atoms with Gasteiger partial charge in [0.1, 0.15) is 0 Å². The summed E-state index contributed by atoms with van der Waals surface area (Å²) in [6, 6.07) is 13.2. The van der Waals surface area contributed by atoms with E-state index in [2.05, 4.69) is 39.0 Å².